The van der Waals surface area contributed by atoms with Crippen LogP contribution in [0.15, 0.2) is 60.8 Å². The van der Waals surface area contributed by atoms with Gasteiger partial charge in [0.25, 0.3) is 0 Å². The summed E-state index contributed by atoms with van der Waals surface area (Å²) in [4.78, 5) is 24.2. The van der Waals surface area contributed by atoms with Crippen LogP contribution in [0.5, 0.6) is 0 Å². The maximum atomic E-state index is 12.1. The predicted molar refractivity (Wildman–Crippen MR) is 186 cm³/mol. The summed E-state index contributed by atoms with van der Waals surface area (Å²) in [7, 11) is 0. The smallest absolute Gasteiger partial charge is 0.306 e. The third-order valence-corrected chi connectivity index (χ3v) is 7.71. The zero-order valence-electron chi connectivity index (χ0n) is 28.8. The topological polar surface area (TPSA) is 134 Å². The molecule has 0 amide bonds. The lowest BCUT2D eigenvalue weighted by atomic mass is 9.99. The van der Waals surface area contributed by atoms with Crippen molar-refractivity contribution in [3.05, 3.63) is 60.8 Å². The van der Waals surface area contributed by atoms with Gasteiger partial charge in [0.2, 0.25) is 0 Å². The Hall–Kier alpha value is -2.52. The van der Waals surface area contributed by atoms with Crippen molar-refractivity contribution in [2.45, 2.75) is 148 Å². The average molecular weight is 649 g/mol. The molecule has 5 atom stereocenters. The molecule has 0 saturated carbocycles. The maximum absolute atomic E-state index is 12.1. The highest BCUT2D eigenvalue weighted by atomic mass is 16.6. The minimum absolute atomic E-state index is 0.0270. The molecule has 8 heteroatoms. The molecule has 0 bridgehead atoms. The maximum Gasteiger partial charge on any atom is 0.306 e. The van der Waals surface area contributed by atoms with Crippen LogP contribution in [-0.4, -0.2) is 70.0 Å². The van der Waals surface area contributed by atoms with Gasteiger partial charge in [0.05, 0.1) is 24.9 Å². The number of esters is 2. The Balaban J connectivity index is 4.01. The molecule has 0 aliphatic rings. The van der Waals surface area contributed by atoms with Gasteiger partial charge in [-0.05, 0) is 38.0 Å². The van der Waals surface area contributed by atoms with E-state index in [9.17, 15) is 30.0 Å². The first-order valence-electron chi connectivity index (χ1n) is 17.6. The van der Waals surface area contributed by atoms with Gasteiger partial charge in [0.15, 0.2) is 6.10 Å². The summed E-state index contributed by atoms with van der Waals surface area (Å²) < 4.78 is 10.4. The van der Waals surface area contributed by atoms with Crippen LogP contribution in [0.2, 0.25) is 0 Å². The monoisotopic (exact) mass is 648 g/mol. The largest absolute Gasteiger partial charge is 0.462 e. The molecule has 264 valence electrons. The molecule has 46 heavy (non-hydrogen) atoms. The van der Waals surface area contributed by atoms with Crippen LogP contribution in [0.25, 0.3) is 0 Å². The molecule has 8 nitrogen and oxygen atoms in total. The summed E-state index contributed by atoms with van der Waals surface area (Å²) in [5, 5.41) is 39.5. The van der Waals surface area contributed by atoms with Crippen molar-refractivity contribution in [3.8, 4) is 0 Å². The van der Waals surface area contributed by atoms with E-state index in [-0.39, 0.29) is 25.9 Å². The quantitative estimate of drug-likeness (QED) is 0.0289. The van der Waals surface area contributed by atoms with Crippen LogP contribution in [0.3, 0.4) is 0 Å². The van der Waals surface area contributed by atoms with Gasteiger partial charge in [0, 0.05) is 12.8 Å². The third-order valence-electron chi connectivity index (χ3n) is 7.71. The van der Waals surface area contributed by atoms with Gasteiger partial charge >= 0.3 is 11.9 Å². The molecule has 0 radical (unpaired) electrons. The average Bonchev–Trinajstić information content (AvgIpc) is 3.04. The molecular formula is C38H64O8. The summed E-state index contributed by atoms with van der Waals surface area (Å²) >= 11 is 0. The van der Waals surface area contributed by atoms with Crippen molar-refractivity contribution >= 4 is 11.9 Å². The Bertz CT molecular complexity index is 891. The summed E-state index contributed by atoms with van der Waals surface area (Å²) in [6.07, 6.45) is 28.0. The van der Waals surface area contributed by atoms with Crippen molar-refractivity contribution < 1.29 is 39.5 Å². The van der Waals surface area contributed by atoms with Crippen molar-refractivity contribution in [1.29, 1.82) is 0 Å². The van der Waals surface area contributed by atoms with Crippen molar-refractivity contribution in [2.75, 3.05) is 13.2 Å². The van der Waals surface area contributed by atoms with Gasteiger partial charge in [-0.1, -0.05) is 139 Å². The molecule has 1 unspecified atom stereocenters. The minimum atomic E-state index is -1.08. The first kappa shape index (κ1) is 43.5. The van der Waals surface area contributed by atoms with E-state index in [1.165, 1.54) is 51.0 Å². The van der Waals surface area contributed by atoms with Gasteiger partial charge < -0.3 is 29.9 Å². The third kappa shape index (κ3) is 27.8. The number of aliphatic hydroxyl groups is 4. The Morgan fingerprint density at radius 2 is 1.28 bits per heavy atom. The van der Waals surface area contributed by atoms with Crippen molar-refractivity contribution in [1.82, 2.24) is 0 Å². The molecule has 0 aliphatic heterocycles. The van der Waals surface area contributed by atoms with E-state index >= 15 is 0 Å². The van der Waals surface area contributed by atoms with Gasteiger partial charge in [-0.25, -0.2) is 0 Å². The van der Waals surface area contributed by atoms with Crippen LogP contribution in [0.1, 0.15) is 124 Å². The number of hydrogen-bond acceptors (Lipinski definition) is 8. The Morgan fingerprint density at radius 3 is 1.91 bits per heavy atom. The molecule has 0 fully saturated rings. The second-order valence-electron chi connectivity index (χ2n) is 12.0. The predicted octanol–water partition coefficient (Wildman–Crippen LogP) is 7.21. The molecule has 0 aromatic carbocycles. The van der Waals surface area contributed by atoms with Gasteiger partial charge in [0.1, 0.15) is 6.61 Å². The molecule has 0 saturated heterocycles. The van der Waals surface area contributed by atoms with E-state index < -0.39 is 43.0 Å². The Morgan fingerprint density at radius 1 is 0.696 bits per heavy atom. The fourth-order valence-corrected chi connectivity index (χ4v) is 4.52. The van der Waals surface area contributed by atoms with Crippen molar-refractivity contribution in [2.24, 2.45) is 5.92 Å². The van der Waals surface area contributed by atoms with E-state index in [0.29, 0.717) is 12.8 Å². The second-order valence-corrected chi connectivity index (χ2v) is 12.0. The number of carbonyl (C=O) groups excluding carboxylic acids is 2. The lowest BCUT2D eigenvalue weighted by Crippen LogP contribution is -2.28. The van der Waals surface area contributed by atoms with Crippen LogP contribution in [0, 0.1) is 5.92 Å². The second kappa shape index (κ2) is 31.1. The van der Waals surface area contributed by atoms with E-state index in [1.54, 1.807) is 42.5 Å². The number of aliphatic hydroxyl groups excluding tert-OH is 4. The van der Waals surface area contributed by atoms with Gasteiger partial charge in [-0.2, -0.15) is 0 Å². The number of unbranched alkanes of at least 4 members (excludes halogenated alkanes) is 7. The highest BCUT2D eigenvalue weighted by molar-refractivity contribution is 5.70. The molecule has 0 rings (SSSR count). The first-order chi connectivity index (χ1) is 22.2. The first-order valence-corrected chi connectivity index (χ1v) is 17.6. The number of rotatable bonds is 29. The number of ether oxygens (including phenoxy) is 2. The minimum Gasteiger partial charge on any atom is -0.462 e. The Labute approximate surface area is 279 Å². The molecule has 0 heterocycles. The fraction of sp³-hybridized carbons (Fsp3) is 0.684. The van der Waals surface area contributed by atoms with Crippen molar-refractivity contribution in [3.63, 3.8) is 0 Å². The molecule has 0 aliphatic carbocycles. The van der Waals surface area contributed by atoms with E-state index in [2.05, 4.69) is 13.8 Å². The zero-order chi connectivity index (χ0) is 34.3. The number of allylic oxidation sites excluding steroid dienone is 7. The fourth-order valence-electron chi connectivity index (χ4n) is 4.52. The van der Waals surface area contributed by atoms with E-state index in [1.807, 2.05) is 19.1 Å². The summed E-state index contributed by atoms with van der Waals surface area (Å²) in [5.74, 6) is -0.103. The van der Waals surface area contributed by atoms with Gasteiger partial charge in [-0.3, -0.25) is 9.59 Å². The van der Waals surface area contributed by atoms with Gasteiger partial charge in [-0.15, -0.1) is 0 Å². The summed E-state index contributed by atoms with van der Waals surface area (Å²) in [5.41, 5.74) is 0. The highest BCUT2D eigenvalue weighted by Gasteiger charge is 2.17. The normalized spacial score (nSPS) is 15.7. The number of hydrogen-bond donors (Lipinski definition) is 4. The lowest BCUT2D eigenvalue weighted by Gasteiger charge is -2.16. The van der Waals surface area contributed by atoms with Crippen LogP contribution < -0.4 is 0 Å². The molecule has 0 aromatic heterocycles. The molecular weight excluding hydrogens is 584 g/mol. The van der Waals surface area contributed by atoms with Crippen LogP contribution in [0.4, 0.5) is 0 Å². The standard InChI is InChI=1S/C38H64O8/c1-4-6-17-24-33(40)25-19-14-11-12-15-20-26-35(41)36(42)27-22-29-37(43)45-31-34(30-39)46-38(44)28-21-16-10-8-7-9-13-18-23-32(3)5-2/h6,11-12,14-15,17,19-20,25-26,32-36,39-42H,4-5,7-10,13,16,18,21-24,27-31H2,1-3H3/b14-11+,15-12-,17-6-,25-19+,26-20-/t32?,33-,34+,35+,36+/m1/s1. The molecule has 0 aromatic rings. The Kier molecular flexibility index (Phi) is 29.4. The zero-order valence-corrected chi connectivity index (χ0v) is 28.8. The van der Waals surface area contributed by atoms with E-state index in [0.717, 1.165) is 31.6 Å². The highest BCUT2D eigenvalue weighted by Crippen LogP contribution is 2.15. The lowest BCUT2D eigenvalue weighted by molar-refractivity contribution is -0.161. The molecule has 0 spiro atoms. The summed E-state index contributed by atoms with van der Waals surface area (Å²) in [6.45, 7) is 5.94. The molecule has 4 N–H and O–H groups in total. The number of carbonyl (C=O) groups is 2. The van der Waals surface area contributed by atoms with E-state index in [4.69, 9.17) is 9.47 Å². The van der Waals surface area contributed by atoms with Crippen LogP contribution >= 0.6 is 0 Å². The van der Waals surface area contributed by atoms with Crippen LogP contribution in [-0.2, 0) is 19.1 Å². The SMILES string of the molecule is CC/C=C\C[C@@H](O)/C=C/C=C/C=C\C=C/[C@H](O)[C@@H](O)CCCC(=O)OC[C@H](CO)OC(=O)CCCCCCCCCCC(C)CC. The summed E-state index contributed by atoms with van der Waals surface area (Å²) in [6, 6.07) is 0.